The van der Waals surface area contributed by atoms with Gasteiger partial charge in [0.2, 0.25) is 0 Å². The van der Waals surface area contributed by atoms with Crippen LogP contribution in [0.5, 0.6) is 5.75 Å². The molecular weight excluding hydrogens is 358 g/mol. The average molecular weight is 394 g/mol. The second-order valence-electron chi connectivity index (χ2n) is 8.36. The molecule has 6 heteroatoms. The number of benzene rings is 1. The summed E-state index contributed by atoms with van der Waals surface area (Å²) in [5.41, 5.74) is 0.903. The monoisotopic (exact) mass is 393 g/mol. The van der Waals surface area contributed by atoms with Crippen LogP contribution in [0.2, 0.25) is 0 Å². The molecule has 1 N–H and O–H groups in total. The molecule has 0 aliphatic carbocycles. The van der Waals surface area contributed by atoms with E-state index in [9.17, 15) is 9.59 Å². The van der Waals surface area contributed by atoms with E-state index in [-0.39, 0.29) is 23.9 Å². The van der Waals surface area contributed by atoms with E-state index in [2.05, 4.69) is 5.32 Å². The molecule has 28 heavy (non-hydrogen) atoms. The van der Waals surface area contributed by atoms with Gasteiger partial charge in [-0.2, -0.15) is 0 Å². The molecule has 158 valence electrons. The minimum atomic E-state index is -0.505. The second-order valence-corrected chi connectivity index (χ2v) is 8.36. The molecule has 0 atom stereocenters. The van der Waals surface area contributed by atoms with Crippen LogP contribution in [0.3, 0.4) is 0 Å². The molecule has 0 saturated carbocycles. The summed E-state index contributed by atoms with van der Waals surface area (Å²) < 4.78 is 17.0. The number of Topliss-reactive ketones (excluding diaryl/α,β-unsaturated/α-hetero) is 1. The van der Waals surface area contributed by atoms with Crippen molar-refractivity contribution in [2.45, 2.75) is 66.1 Å². The van der Waals surface area contributed by atoms with E-state index in [4.69, 9.17) is 14.2 Å². The Balaban J connectivity index is 2.41. The summed E-state index contributed by atoms with van der Waals surface area (Å²) in [5.74, 6) is 0.374. The van der Waals surface area contributed by atoms with Crippen molar-refractivity contribution in [3.8, 4) is 5.75 Å². The highest BCUT2D eigenvalue weighted by Gasteiger charge is 2.20. The Morgan fingerprint density at radius 1 is 1.04 bits per heavy atom. The fourth-order valence-corrected chi connectivity index (χ4v) is 2.52. The fraction of sp³-hybridized carbons (Fsp3) is 0.636. The molecule has 1 aromatic rings. The Labute approximate surface area is 168 Å². The van der Waals surface area contributed by atoms with Crippen LogP contribution in [0.15, 0.2) is 18.2 Å². The van der Waals surface area contributed by atoms with Crippen LogP contribution in [0.1, 0.15) is 64.4 Å². The molecule has 0 radical (unpaired) electrons. The molecule has 0 aliphatic rings. The van der Waals surface area contributed by atoms with Crippen LogP contribution in [0, 0.1) is 0 Å². The minimum absolute atomic E-state index is 0.0243. The van der Waals surface area contributed by atoms with Crippen molar-refractivity contribution in [1.82, 2.24) is 5.32 Å². The van der Waals surface area contributed by atoms with Crippen LogP contribution in [0.4, 0.5) is 0 Å². The highest BCUT2D eigenvalue weighted by Crippen LogP contribution is 2.19. The number of carbonyl (C=O) groups excluding carboxylic acids is 2. The van der Waals surface area contributed by atoms with Crippen molar-refractivity contribution in [3.05, 3.63) is 29.3 Å². The van der Waals surface area contributed by atoms with Gasteiger partial charge in [0.25, 0.3) is 5.91 Å². The molecule has 1 rings (SSSR count). The lowest BCUT2D eigenvalue weighted by Crippen LogP contribution is -2.42. The topological polar surface area (TPSA) is 73.9 Å². The van der Waals surface area contributed by atoms with Gasteiger partial charge in [-0.15, -0.1) is 0 Å². The quantitative estimate of drug-likeness (QED) is 0.460. The molecule has 0 bridgehead atoms. The van der Waals surface area contributed by atoms with Gasteiger partial charge in [-0.3, -0.25) is 9.59 Å². The molecule has 0 heterocycles. The van der Waals surface area contributed by atoms with E-state index < -0.39 is 5.60 Å². The summed E-state index contributed by atoms with van der Waals surface area (Å²) in [6.45, 7) is 14.6. The van der Waals surface area contributed by atoms with Gasteiger partial charge in [0.15, 0.2) is 12.4 Å². The SMILES string of the molecule is CCc1cc(OCC(=O)NCC(C)(C)OCCOC(C)(C)C)ccc1C(C)=O. The smallest absolute Gasteiger partial charge is 0.258 e. The summed E-state index contributed by atoms with van der Waals surface area (Å²) in [6, 6.07) is 5.27. The van der Waals surface area contributed by atoms with Gasteiger partial charge >= 0.3 is 0 Å². The molecule has 0 aromatic heterocycles. The standard InChI is InChI=1S/C22H35NO5/c1-8-17-13-18(9-10-19(17)16(2)24)26-14-20(25)23-15-22(6,7)28-12-11-27-21(3,4)5/h9-10,13H,8,11-12,14-15H2,1-7H3,(H,23,25). The highest BCUT2D eigenvalue weighted by molar-refractivity contribution is 5.95. The first kappa shape index (κ1) is 24.1. The van der Waals surface area contributed by atoms with Gasteiger partial charge in [0.05, 0.1) is 24.4 Å². The maximum absolute atomic E-state index is 12.1. The molecule has 0 unspecified atom stereocenters. The summed E-state index contributed by atoms with van der Waals surface area (Å²) in [6.07, 6.45) is 0.725. The summed E-state index contributed by atoms with van der Waals surface area (Å²) in [5, 5.41) is 2.82. The number of rotatable bonds is 11. The normalized spacial score (nSPS) is 12.0. The zero-order valence-corrected chi connectivity index (χ0v) is 18.3. The second kappa shape index (κ2) is 10.6. The van der Waals surface area contributed by atoms with Crippen LogP contribution in [0.25, 0.3) is 0 Å². The Bertz CT molecular complexity index is 661. The average Bonchev–Trinajstić information content (AvgIpc) is 2.60. The molecule has 1 aromatic carbocycles. The number of hydrogen-bond donors (Lipinski definition) is 1. The zero-order valence-electron chi connectivity index (χ0n) is 18.3. The number of carbonyl (C=O) groups is 2. The predicted molar refractivity (Wildman–Crippen MR) is 110 cm³/mol. The van der Waals surface area contributed by atoms with E-state index in [1.165, 1.54) is 0 Å². The van der Waals surface area contributed by atoms with Gasteiger partial charge in [-0.05, 0) is 71.7 Å². The van der Waals surface area contributed by atoms with Crippen molar-refractivity contribution in [1.29, 1.82) is 0 Å². The predicted octanol–water partition coefficient (Wildman–Crippen LogP) is 3.56. The van der Waals surface area contributed by atoms with Gasteiger partial charge in [-0.25, -0.2) is 0 Å². The lowest BCUT2D eigenvalue weighted by molar-refractivity contribution is -0.125. The van der Waals surface area contributed by atoms with Crippen LogP contribution >= 0.6 is 0 Å². The summed E-state index contributed by atoms with van der Waals surface area (Å²) in [7, 11) is 0. The number of aryl methyl sites for hydroxylation is 1. The fourth-order valence-electron chi connectivity index (χ4n) is 2.52. The van der Waals surface area contributed by atoms with Crippen LogP contribution in [-0.2, 0) is 20.7 Å². The van der Waals surface area contributed by atoms with Gasteiger partial charge in [0, 0.05) is 12.1 Å². The molecule has 6 nitrogen and oxygen atoms in total. The Hall–Kier alpha value is -1.92. The maximum Gasteiger partial charge on any atom is 0.258 e. The molecule has 0 aliphatic heterocycles. The maximum atomic E-state index is 12.1. The van der Waals surface area contributed by atoms with E-state index >= 15 is 0 Å². The van der Waals surface area contributed by atoms with E-state index in [0.717, 1.165) is 12.0 Å². The largest absolute Gasteiger partial charge is 0.484 e. The van der Waals surface area contributed by atoms with Gasteiger partial charge in [-0.1, -0.05) is 6.92 Å². The molecule has 0 saturated heterocycles. The van der Waals surface area contributed by atoms with Gasteiger partial charge < -0.3 is 19.5 Å². The molecule has 0 spiro atoms. The van der Waals surface area contributed by atoms with Crippen molar-refractivity contribution in [3.63, 3.8) is 0 Å². The van der Waals surface area contributed by atoms with E-state index in [1.807, 2.05) is 47.6 Å². The van der Waals surface area contributed by atoms with Crippen molar-refractivity contribution >= 4 is 11.7 Å². The number of ketones is 1. The third kappa shape index (κ3) is 9.33. The first-order valence-corrected chi connectivity index (χ1v) is 9.75. The van der Waals surface area contributed by atoms with E-state index in [0.29, 0.717) is 31.1 Å². The number of ether oxygens (including phenoxy) is 3. The number of amides is 1. The number of nitrogens with one attached hydrogen (secondary N) is 1. The Morgan fingerprint density at radius 2 is 1.68 bits per heavy atom. The lowest BCUT2D eigenvalue weighted by Gasteiger charge is -2.27. The van der Waals surface area contributed by atoms with Crippen molar-refractivity contribution in [2.75, 3.05) is 26.4 Å². The minimum Gasteiger partial charge on any atom is -0.484 e. The molecular formula is C22H35NO5. The van der Waals surface area contributed by atoms with Gasteiger partial charge in [0.1, 0.15) is 5.75 Å². The van der Waals surface area contributed by atoms with Crippen LogP contribution in [-0.4, -0.2) is 49.3 Å². The van der Waals surface area contributed by atoms with Crippen LogP contribution < -0.4 is 10.1 Å². The third-order valence-electron chi connectivity index (χ3n) is 4.03. The first-order valence-electron chi connectivity index (χ1n) is 9.75. The Kier molecular flexibility index (Phi) is 9.11. The van der Waals surface area contributed by atoms with E-state index in [1.54, 1.807) is 19.1 Å². The summed E-state index contributed by atoms with van der Waals surface area (Å²) >= 11 is 0. The molecule has 1 amide bonds. The first-order chi connectivity index (χ1) is 12.9. The lowest BCUT2D eigenvalue weighted by atomic mass is 10.0. The zero-order chi connectivity index (χ0) is 21.4. The third-order valence-corrected chi connectivity index (χ3v) is 4.03. The van der Waals surface area contributed by atoms with Crippen molar-refractivity contribution < 1.29 is 23.8 Å². The molecule has 0 fully saturated rings. The number of hydrogen-bond acceptors (Lipinski definition) is 5. The Morgan fingerprint density at radius 3 is 2.25 bits per heavy atom. The highest BCUT2D eigenvalue weighted by atomic mass is 16.5. The summed E-state index contributed by atoms with van der Waals surface area (Å²) in [4.78, 5) is 23.7. The van der Waals surface area contributed by atoms with Crippen molar-refractivity contribution in [2.24, 2.45) is 0 Å².